The molecule has 4 nitrogen and oxygen atoms in total. The van der Waals surface area contributed by atoms with E-state index in [4.69, 9.17) is 4.74 Å². The van der Waals surface area contributed by atoms with E-state index < -0.39 is 0 Å². The van der Waals surface area contributed by atoms with E-state index in [1.165, 1.54) is 11.3 Å². The number of carbonyl (C=O) groups is 1. The van der Waals surface area contributed by atoms with Gasteiger partial charge >= 0.3 is 0 Å². The number of amides is 1. The fourth-order valence-electron chi connectivity index (χ4n) is 3.09. The van der Waals surface area contributed by atoms with Crippen molar-refractivity contribution in [2.45, 2.75) is 32.6 Å². The Morgan fingerprint density at radius 2 is 1.62 bits per heavy atom. The number of carbonyl (C=O) groups excluding carboxylic acids is 1. The molecule has 0 spiro atoms. The molecular weight excluding hydrogens is 324 g/mol. The van der Waals surface area contributed by atoms with Gasteiger partial charge in [-0.3, -0.25) is 4.79 Å². The Kier molecular flexibility index (Phi) is 5.62. The number of hydrogen-bond acceptors (Lipinski definition) is 3. The highest BCUT2D eigenvalue weighted by Gasteiger charge is 2.14. The molecule has 3 rings (SSSR count). The van der Waals surface area contributed by atoms with Crippen molar-refractivity contribution in [3.63, 3.8) is 0 Å². The molecule has 1 fully saturated rings. The van der Waals surface area contributed by atoms with Crippen LogP contribution in [0.2, 0.25) is 0 Å². The summed E-state index contributed by atoms with van der Waals surface area (Å²) in [5.74, 6) is 0.00707. The summed E-state index contributed by atoms with van der Waals surface area (Å²) in [4.78, 5) is 14.6. The van der Waals surface area contributed by atoms with Crippen molar-refractivity contribution >= 4 is 17.3 Å². The molecular formula is C22H28N2O2. The summed E-state index contributed by atoms with van der Waals surface area (Å²) >= 11 is 0. The van der Waals surface area contributed by atoms with Gasteiger partial charge < -0.3 is 15.0 Å². The first-order chi connectivity index (χ1) is 12.4. The van der Waals surface area contributed by atoms with Gasteiger partial charge in [0.15, 0.2) is 0 Å². The van der Waals surface area contributed by atoms with Crippen LogP contribution in [0.25, 0.3) is 0 Å². The van der Waals surface area contributed by atoms with Gasteiger partial charge in [-0.2, -0.15) is 0 Å². The van der Waals surface area contributed by atoms with Gasteiger partial charge in [0.1, 0.15) is 0 Å². The van der Waals surface area contributed by atoms with Crippen molar-refractivity contribution in [2.75, 3.05) is 36.5 Å². The van der Waals surface area contributed by atoms with Gasteiger partial charge in [0, 0.05) is 24.5 Å². The van der Waals surface area contributed by atoms with Crippen LogP contribution in [0.1, 0.15) is 31.9 Å². The Labute approximate surface area is 156 Å². The molecule has 2 aromatic carbocycles. The Balaban J connectivity index is 1.56. The zero-order valence-corrected chi connectivity index (χ0v) is 15.9. The van der Waals surface area contributed by atoms with E-state index in [1.807, 2.05) is 24.3 Å². The standard InChI is InChI=1S/C22H28N2O2/c1-22(2,3)18-6-8-19(9-7-18)23-21(25)16-17-4-10-20(11-5-17)24-12-14-26-15-13-24/h4-11H,12-16H2,1-3H3,(H,23,25). The van der Waals surface area contributed by atoms with Crippen LogP contribution < -0.4 is 10.2 Å². The van der Waals surface area contributed by atoms with Crippen LogP contribution >= 0.6 is 0 Å². The van der Waals surface area contributed by atoms with E-state index in [0.29, 0.717) is 6.42 Å². The molecule has 0 aliphatic carbocycles. The van der Waals surface area contributed by atoms with Crippen molar-refractivity contribution in [1.29, 1.82) is 0 Å². The highest BCUT2D eigenvalue weighted by molar-refractivity contribution is 5.92. The highest BCUT2D eigenvalue weighted by Crippen LogP contribution is 2.23. The van der Waals surface area contributed by atoms with Crippen molar-refractivity contribution in [2.24, 2.45) is 0 Å². The summed E-state index contributed by atoms with van der Waals surface area (Å²) in [5, 5.41) is 2.98. The van der Waals surface area contributed by atoms with Crippen LogP contribution in [0.4, 0.5) is 11.4 Å². The molecule has 1 N–H and O–H groups in total. The predicted molar refractivity (Wildman–Crippen MR) is 107 cm³/mol. The molecule has 0 aromatic heterocycles. The molecule has 1 amide bonds. The largest absolute Gasteiger partial charge is 0.378 e. The molecule has 4 heteroatoms. The van der Waals surface area contributed by atoms with Crippen LogP contribution in [-0.2, 0) is 21.4 Å². The number of hydrogen-bond donors (Lipinski definition) is 1. The van der Waals surface area contributed by atoms with E-state index in [0.717, 1.165) is 37.6 Å². The van der Waals surface area contributed by atoms with Gasteiger partial charge in [-0.05, 0) is 40.8 Å². The van der Waals surface area contributed by atoms with Gasteiger partial charge in [0.2, 0.25) is 5.91 Å². The van der Waals surface area contributed by atoms with E-state index >= 15 is 0 Å². The Bertz CT molecular complexity index is 724. The second-order valence-corrected chi connectivity index (χ2v) is 7.82. The minimum atomic E-state index is 0.00707. The smallest absolute Gasteiger partial charge is 0.228 e. The summed E-state index contributed by atoms with van der Waals surface area (Å²) in [6.45, 7) is 9.94. The zero-order chi connectivity index (χ0) is 18.6. The Hall–Kier alpha value is -2.33. The normalized spacial score (nSPS) is 15.0. The summed E-state index contributed by atoms with van der Waals surface area (Å²) < 4.78 is 5.39. The molecule has 138 valence electrons. The third-order valence-electron chi connectivity index (χ3n) is 4.71. The zero-order valence-electron chi connectivity index (χ0n) is 15.9. The van der Waals surface area contributed by atoms with E-state index in [-0.39, 0.29) is 11.3 Å². The molecule has 26 heavy (non-hydrogen) atoms. The van der Waals surface area contributed by atoms with Gasteiger partial charge in [0.25, 0.3) is 0 Å². The number of anilines is 2. The van der Waals surface area contributed by atoms with Gasteiger partial charge in [-0.15, -0.1) is 0 Å². The average Bonchev–Trinajstić information content (AvgIpc) is 2.63. The van der Waals surface area contributed by atoms with Crippen LogP contribution in [0.5, 0.6) is 0 Å². The highest BCUT2D eigenvalue weighted by atomic mass is 16.5. The van der Waals surface area contributed by atoms with E-state index in [2.05, 4.69) is 55.3 Å². The first-order valence-corrected chi connectivity index (χ1v) is 9.24. The lowest BCUT2D eigenvalue weighted by atomic mass is 9.87. The quantitative estimate of drug-likeness (QED) is 0.904. The molecule has 0 bridgehead atoms. The molecule has 0 unspecified atom stereocenters. The topological polar surface area (TPSA) is 41.6 Å². The molecule has 1 aliphatic heterocycles. The monoisotopic (exact) mass is 352 g/mol. The number of nitrogens with zero attached hydrogens (tertiary/aromatic N) is 1. The summed E-state index contributed by atoms with van der Waals surface area (Å²) in [5.41, 5.74) is 4.42. The second kappa shape index (κ2) is 7.92. The third-order valence-corrected chi connectivity index (χ3v) is 4.71. The number of nitrogens with one attached hydrogen (secondary N) is 1. The second-order valence-electron chi connectivity index (χ2n) is 7.82. The lowest BCUT2D eigenvalue weighted by Gasteiger charge is -2.28. The molecule has 0 saturated carbocycles. The Morgan fingerprint density at radius 3 is 2.19 bits per heavy atom. The summed E-state index contributed by atoms with van der Waals surface area (Å²) in [6, 6.07) is 16.3. The van der Waals surface area contributed by atoms with E-state index in [1.54, 1.807) is 0 Å². The fourth-order valence-corrected chi connectivity index (χ4v) is 3.09. The van der Waals surface area contributed by atoms with Crippen molar-refractivity contribution in [3.05, 3.63) is 59.7 Å². The van der Waals surface area contributed by atoms with Gasteiger partial charge in [-0.25, -0.2) is 0 Å². The number of morpholine rings is 1. The van der Waals surface area contributed by atoms with Gasteiger partial charge in [0.05, 0.1) is 19.6 Å². The first-order valence-electron chi connectivity index (χ1n) is 9.24. The van der Waals surface area contributed by atoms with Crippen molar-refractivity contribution in [1.82, 2.24) is 0 Å². The molecule has 1 saturated heterocycles. The maximum absolute atomic E-state index is 12.3. The van der Waals surface area contributed by atoms with Crippen LogP contribution in [0.15, 0.2) is 48.5 Å². The van der Waals surface area contributed by atoms with Crippen LogP contribution in [0.3, 0.4) is 0 Å². The fraction of sp³-hybridized carbons (Fsp3) is 0.409. The molecule has 1 aliphatic rings. The number of rotatable bonds is 4. The molecule has 1 heterocycles. The van der Waals surface area contributed by atoms with Gasteiger partial charge in [-0.1, -0.05) is 45.0 Å². The minimum absolute atomic E-state index is 0.00707. The lowest BCUT2D eigenvalue weighted by molar-refractivity contribution is -0.115. The molecule has 2 aromatic rings. The summed E-state index contributed by atoms with van der Waals surface area (Å²) in [6.07, 6.45) is 0.379. The average molecular weight is 352 g/mol. The first kappa shape index (κ1) is 18.5. The maximum atomic E-state index is 12.3. The van der Waals surface area contributed by atoms with Crippen molar-refractivity contribution < 1.29 is 9.53 Å². The van der Waals surface area contributed by atoms with Crippen molar-refractivity contribution in [3.8, 4) is 0 Å². The third kappa shape index (κ3) is 4.85. The molecule has 0 atom stereocenters. The lowest BCUT2D eigenvalue weighted by Crippen LogP contribution is -2.36. The van der Waals surface area contributed by atoms with Crippen LogP contribution in [-0.4, -0.2) is 32.2 Å². The number of benzene rings is 2. The molecule has 0 radical (unpaired) electrons. The maximum Gasteiger partial charge on any atom is 0.228 e. The van der Waals surface area contributed by atoms with Crippen LogP contribution in [0, 0.1) is 0 Å². The Morgan fingerprint density at radius 1 is 1.00 bits per heavy atom. The predicted octanol–water partition coefficient (Wildman–Crippen LogP) is 4.00. The SMILES string of the molecule is CC(C)(C)c1ccc(NC(=O)Cc2ccc(N3CCOCC3)cc2)cc1. The minimum Gasteiger partial charge on any atom is -0.378 e. The number of ether oxygens (including phenoxy) is 1. The summed E-state index contributed by atoms with van der Waals surface area (Å²) in [7, 11) is 0. The van der Waals surface area contributed by atoms with E-state index in [9.17, 15) is 4.79 Å².